The van der Waals surface area contributed by atoms with Gasteiger partial charge in [-0.1, -0.05) is 96.7 Å². The highest BCUT2D eigenvalue weighted by Crippen LogP contribution is 2.55. The molecule has 2 aliphatic carbocycles. The maximum absolute atomic E-state index is 13.5. The molecule has 6 rings (SSSR count). The number of benzene rings is 5. The summed E-state index contributed by atoms with van der Waals surface area (Å²) in [5.41, 5.74) is 2.04. The molecule has 0 saturated carbocycles. The SMILES string of the molecule is CCCC(C)(C)C(=O)Oc1c(Oc2ccccc2Cl)c(Oc2ccccc2Cl)c(OC(C)=O)c2cc(Cl)ccc12.c1cc2ccc1-2. The number of carbonyl (C=O) groups is 2. The van der Waals surface area contributed by atoms with Gasteiger partial charge in [-0.2, -0.15) is 0 Å². The van der Waals surface area contributed by atoms with Gasteiger partial charge in [-0.15, -0.1) is 0 Å². The zero-order valence-corrected chi connectivity index (χ0v) is 27.9. The van der Waals surface area contributed by atoms with Crippen LogP contribution in [-0.2, 0) is 9.59 Å². The van der Waals surface area contributed by atoms with E-state index in [1.807, 2.05) is 6.92 Å². The maximum Gasteiger partial charge on any atom is 0.317 e. The molecule has 2 aliphatic rings. The van der Waals surface area contributed by atoms with Crippen molar-refractivity contribution in [1.82, 2.24) is 0 Å². The Hall–Kier alpha value is -4.23. The van der Waals surface area contributed by atoms with Crippen molar-refractivity contribution in [3.05, 3.63) is 106 Å². The summed E-state index contributed by atoms with van der Waals surface area (Å²) in [6, 6.07) is 26.9. The van der Waals surface area contributed by atoms with E-state index in [1.54, 1.807) is 80.6 Å². The lowest BCUT2D eigenvalue weighted by atomic mass is 9.88. The highest BCUT2D eigenvalue weighted by molar-refractivity contribution is 6.32. The lowest BCUT2D eigenvalue weighted by Crippen LogP contribution is -2.29. The Labute approximate surface area is 282 Å². The van der Waals surface area contributed by atoms with Gasteiger partial charge < -0.3 is 18.9 Å². The number of para-hydroxylation sites is 2. The number of rotatable bonds is 9. The van der Waals surface area contributed by atoms with E-state index in [4.69, 9.17) is 53.8 Å². The Morgan fingerprint density at radius 1 is 0.652 bits per heavy atom. The first-order chi connectivity index (χ1) is 22.0. The average molecular weight is 678 g/mol. The first-order valence-electron chi connectivity index (χ1n) is 14.6. The van der Waals surface area contributed by atoms with Crippen LogP contribution in [0.1, 0.15) is 40.5 Å². The second kappa shape index (κ2) is 14.0. The molecule has 0 saturated heterocycles. The van der Waals surface area contributed by atoms with E-state index in [1.165, 1.54) is 18.1 Å². The standard InChI is InChI=1S/C31H27Cl3O6.C6H4/c1-5-16-31(3,4)30(36)40-26-20-15-14-19(32)17-21(20)27(37-18(2)35)29(39-25-13-9-7-11-23(25)34)28(26)38-24-12-8-6-10-22(24)33;1-2-6-4-3-5(1)6/h6-15,17H,5,16H2,1-4H3;1-4H. The molecule has 0 atom stereocenters. The molecule has 0 radical (unpaired) electrons. The fraction of sp³-hybridized carbons (Fsp3) is 0.189. The van der Waals surface area contributed by atoms with Gasteiger partial charge in [0.05, 0.1) is 15.5 Å². The molecular weight excluding hydrogens is 647 g/mol. The number of fused-ring (bicyclic) bond motifs is 2. The molecule has 0 aliphatic heterocycles. The Morgan fingerprint density at radius 3 is 1.59 bits per heavy atom. The molecule has 0 N–H and O–H groups in total. The summed E-state index contributed by atoms with van der Waals surface area (Å²) >= 11 is 19.2. The van der Waals surface area contributed by atoms with Crippen molar-refractivity contribution in [3.63, 3.8) is 0 Å². The van der Waals surface area contributed by atoms with Gasteiger partial charge in [0.25, 0.3) is 0 Å². The van der Waals surface area contributed by atoms with Crippen molar-refractivity contribution in [2.45, 2.75) is 40.5 Å². The number of carbonyl (C=O) groups excluding carboxylic acids is 2. The van der Waals surface area contributed by atoms with Crippen LogP contribution in [0.4, 0.5) is 0 Å². The Kier molecular flexibility index (Phi) is 10.1. The van der Waals surface area contributed by atoms with Gasteiger partial charge in [-0.3, -0.25) is 9.59 Å². The zero-order chi connectivity index (χ0) is 33.0. The molecule has 46 heavy (non-hydrogen) atoms. The minimum atomic E-state index is -0.812. The normalized spacial score (nSPS) is 11.3. The van der Waals surface area contributed by atoms with Crippen LogP contribution in [0, 0.1) is 5.41 Å². The molecule has 9 heteroatoms. The molecule has 0 aromatic heterocycles. The van der Waals surface area contributed by atoms with E-state index < -0.39 is 17.4 Å². The van der Waals surface area contributed by atoms with Crippen LogP contribution in [0.3, 0.4) is 0 Å². The number of halogens is 3. The van der Waals surface area contributed by atoms with Crippen molar-refractivity contribution in [2.75, 3.05) is 0 Å². The predicted molar refractivity (Wildman–Crippen MR) is 183 cm³/mol. The van der Waals surface area contributed by atoms with Crippen LogP contribution in [0.5, 0.6) is 34.5 Å². The highest BCUT2D eigenvalue weighted by atomic mass is 35.5. The molecular formula is C37H31Cl3O6. The summed E-state index contributed by atoms with van der Waals surface area (Å²) in [4.78, 5) is 25.8. The van der Waals surface area contributed by atoms with E-state index in [9.17, 15) is 9.59 Å². The third-order valence-corrected chi connectivity index (χ3v) is 8.13. The van der Waals surface area contributed by atoms with Gasteiger partial charge in [0, 0.05) is 22.7 Å². The molecule has 0 heterocycles. The van der Waals surface area contributed by atoms with E-state index in [2.05, 4.69) is 24.3 Å². The lowest BCUT2D eigenvalue weighted by Gasteiger charge is -2.25. The highest BCUT2D eigenvalue weighted by Gasteiger charge is 2.34. The third kappa shape index (κ3) is 7.26. The van der Waals surface area contributed by atoms with Crippen molar-refractivity contribution < 1.29 is 28.5 Å². The maximum atomic E-state index is 13.5. The molecule has 0 fully saturated rings. The Bertz CT molecular complexity index is 1900. The van der Waals surface area contributed by atoms with Crippen molar-refractivity contribution >= 4 is 57.5 Å². The first-order valence-corrected chi connectivity index (χ1v) is 15.8. The van der Waals surface area contributed by atoms with Crippen molar-refractivity contribution in [1.29, 1.82) is 0 Å². The molecule has 4 aromatic rings. The van der Waals surface area contributed by atoms with Crippen LogP contribution < -0.4 is 18.9 Å². The topological polar surface area (TPSA) is 71.1 Å². The van der Waals surface area contributed by atoms with Gasteiger partial charge in [0.15, 0.2) is 11.5 Å². The van der Waals surface area contributed by atoms with Gasteiger partial charge in [-0.25, -0.2) is 0 Å². The second-order valence-corrected chi connectivity index (χ2v) is 12.5. The molecule has 236 valence electrons. The van der Waals surface area contributed by atoms with Crippen LogP contribution >= 0.6 is 34.8 Å². The van der Waals surface area contributed by atoms with E-state index in [-0.39, 0.29) is 39.5 Å². The smallest absolute Gasteiger partial charge is 0.317 e. The van der Waals surface area contributed by atoms with E-state index in [0.717, 1.165) is 6.42 Å². The summed E-state index contributed by atoms with van der Waals surface area (Å²) < 4.78 is 24.4. The molecule has 0 unspecified atom stereocenters. The van der Waals surface area contributed by atoms with E-state index >= 15 is 0 Å². The fourth-order valence-corrected chi connectivity index (χ4v) is 5.30. The zero-order valence-electron chi connectivity index (χ0n) is 25.7. The van der Waals surface area contributed by atoms with Crippen LogP contribution in [0.15, 0.2) is 91.0 Å². The van der Waals surface area contributed by atoms with Crippen LogP contribution in [0.25, 0.3) is 21.9 Å². The summed E-state index contributed by atoms with van der Waals surface area (Å²) in [6.07, 6.45) is 1.36. The lowest BCUT2D eigenvalue weighted by molar-refractivity contribution is -0.144. The van der Waals surface area contributed by atoms with Gasteiger partial charge in [0.1, 0.15) is 11.5 Å². The number of ether oxygens (including phenoxy) is 4. The molecule has 6 nitrogen and oxygen atoms in total. The number of hydrogen-bond donors (Lipinski definition) is 0. The van der Waals surface area contributed by atoms with Gasteiger partial charge >= 0.3 is 11.9 Å². The van der Waals surface area contributed by atoms with Crippen LogP contribution in [-0.4, -0.2) is 11.9 Å². The average Bonchev–Trinajstić information content (AvgIpc) is 3.00. The largest absolute Gasteiger partial charge is 0.448 e. The van der Waals surface area contributed by atoms with Gasteiger partial charge in [0.2, 0.25) is 11.5 Å². The Balaban J connectivity index is 0.000000612. The fourth-order valence-electron chi connectivity index (χ4n) is 4.78. The number of esters is 2. The second-order valence-electron chi connectivity index (χ2n) is 11.3. The van der Waals surface area contributed by atoms with Crippen molar-refractivity contribution in [2.24, 2.45) is 5.41 Å². The van der Waals surface area contributed by atoms with E-state index in [0.29, 0.717) is 27.2 Å². The van der Waals surface area contributed by atoms with Crippen molar-refractivity contribution in [3.8, 4) is 45.6 Å². The predicted octanol–water partition coefficient (Wildman–Crippen LogP) is 11.7. The number of hydrogen-bond acceptors (Lipinski definition) is 6. The molecule has 4 aromatic carbocycles. The minimum Gasteiger partial charge on any atom is -0.448 e. The monoisotopic (exact) mass is 676 g/mol. The summed E-state index contributed by atoms with van der Waals surface area (Å²) in [5, 5.41) is 1.68. The molecule has 0 spiro atoms. The summed E-state index contributed by atoms with van der Waals surface area (Å²) in [7, 11) is 0. The quantitative estimate of drug-likeness (QED) is 0.112. The van der Waals surface area contributed by atoms with Crippen LogP contribution in [0.2, 0.25) is 15.1 Å². The van der Waals surface area contributed by atoms with Gasteiger partial charge in [-0.05, 0) is 73.9 Å². The third-order valence-electron chi connectivity index (χ3n) is 7.27. The molecule has 0 bridgehead atoms. The minimum absolute atomic E-state index is 0.000379. The summed E-state index contributed by atoms with van der Waals surface area (Å²) in [5.74, 6) is -0.680. The first kappa shape index (κ1) is 33.1. The molecule has 0 amide bonds. The Morgan fingerprint density at radius 2 is 1.15 bits per heavy atom. The summed E-state index contributed by atoms with van der Waals surface area (Å²) in [6.45, 7) is 6.86.